The predicted octanol–water partition coefficient (Wildman–Crippen LogP) is 2.60. The van der Waals surface area contributed by atoms with Gasteiger partial charge in [-0.25, -0.2) is 0 Å². The first-order valence-electron chi connectivity index (χ1n) is 6.92. The predicted molar refractivity (Wildman–Crippen MR) is 75.9 cm³/mol. The maximum Gasteiger partial charge on any atom is 0.226 e. The molecule has 2 unspecified atom stereocenters. The van der Waals surface area contributed by atoms with Crippen molar-refractivity contribution >= 4 is 11.6 Å². The van der Waals surface area contributed by atoms with Crippen LogP contribution in [0.1, 0.15) is 44.2 Å². The van der Waals surface area contributed by atoms with Crippen molar-refractivity contribution in [1.29, 1.82) is 0 Å². The summed E-state index contributed by atoms with van der Waals surface area (Å²) in [6, 6.07) is 7.64. The number of anilines is 1. The van der Waals surface area contributed by atoms with E-state index in [1.807, 2.05) is 31.2 Å². The highest BCUT2D eigenvalue weighted by Gasteiger charge is 2.17. The molecule has 2 atom stereocenters. The molecule has 1 saturated heterocycles. The monoisotopic (exact) mass is 262 g/mol. The standard InChI is InChI=1S/C15H22N2O2/c1-11(16)12-5-4-6-13(9-12)17-15(18)10-14-7-2-3-8-19-14/h4-6,9,11,14H,2-3,7-8,10,16H2,1H3,(H,17,18). The first-order chi connectivity index (χ1) is 9.15. The number of rotatable bonds is 4. The molecule has 104 valence electrons. The fourth-order valence-electron chi connectivity index (χ4n) is 2.29. The van der Waals surface area contributed by atoms with Crippen molar-refractivity contribution < 1.29 is 9.53 Å². The van der Waals surface area contributed by atoms with E-state index >= 15 is 0 Å². The van der Waals surface area contributed by atoms with E-state index in [2.05, 4.69) is 5.32 Å². The molecule has 0 saturated carbocycles. The van der Waals surface area contributed by atoms with Crippen molar-refractivity contribution in [3.63, 3.8) is 0 Å². The molecule has 0 radical (unpaired) electrons. The Balaban J connectivity index is 1.89. The zero-order valence-corrected chi connectivity index (χ0v) is 11.4. The Labute approximate surface area is 114 Å². The average molecular weight is 262 g/mol. The largest absolute Gasteiger partial charge is 0.378 e. The highest BCUT2D eigenvalue weighted by atomic mass is 16.5. The lowest BCUT2D eigenvalue weighted by Crippen LogP contribution is -2.25. The fourth-order valence-corrected chi connectivity index (χ4v) is 2.29. The van der Waals surface area contributed by atoms with Crippen LogP contribution in [0.4, 0.5) is 5.69 Å². The molecule has 19 heavy (non-hydrogen) atoms. The van der Waals surface area contributed by atoms with Gasteiger partial charge in [-0.2, -0.15) is 0 Å². The van der Waals surface area contributed by atoms with Crippen molar-refractivity contribution in [2.75, 3.05) is 11.9 Å². The van der Waals surface area contributed by atoms with Crippen LogP contribution in [0.2, 0.25) is 0 Å². The van der Waals surface area contributed by atoms with Gasteiger partial charge in [-0.3, -0.25) is 4.79 Å². The third kappa shape index (κ3) is 4.33. The molecule has 1 aliphatic heterocycles. The first-order valence-corrected chi connectivity index (χ1v) is 6.92. The van der Waals surface area contributed by atoms with Gasteiger partial charge in [0.2, 0.25) is 5.91 Å². The average Bonchev–Trinajstić information content (AvgIpc) is 2.40. The number of carbonyl (C=O) groups excluding carboxylic acids is 1. The van der Waals surface area contributed by atoms with Gasteiger partial charge >= 0.3 is 0 Å². The van der Waals surface area contributed by atoms with Crippen LogP contribution in [0.25, 0.3) is 0 Å². The number of benzene rings is 1. The molecule has 0 aromatic heterocycles. The zero-order valence-electron chi connectivity index (χ0n) is 11.4. The third-order valence-corrected chi connectivity index (χ3v) is 3.38. The summed E-state index contributed by atoms with van der Waals surface area (Å²) < 4.78 is 5.57. The van der Waals surface area contributed by atoms with E-state index in [0.717, 1.165) is 37.1 Å². The van der Waals surface area contributed by atoms with Gasteiger partial charge in [-0.05, 0) is 43.9 Å². The molecule has 4 heteroatoms. The van der Waals surface area contributed by atoms with Gasteiger partial charge in [-0.1, -0.05) is 12.1 Å². The van der Waals surface area contributed by atoms with Crippen LogP contribution in [0.15, 0.2) is 24.3 Å². The Morgan fingerprint density at radius 2 is 2.37 bits per heavy atom. The second kappa shape index (κ2) is 6.68. The van der Waals surface area contributed by atoms with Crippen LogP contribution in [-0.2, 0) is 9.53 Å². The van der Waals surface area contributed by atoms with Gasteiger partial charge in [0.25, 0.3) is 0 Å². The van der Waals surface area contributed by atoms with Crippen LogP contribution in [-0.4, -0.2) is 18.6 Å². The lowest BCUT2D eigenvalue weighted by molar-refractivity contribution is -0.119. The number of nitrogens with two attached hydrogens (primary N) is 1. The number of hydrogen-bond donors (Lipinski definition) is 2. The molecule has 2 rings (SSSR count). The van der Waals surface area contributed by atoms with Crippen molar-refractivity contribution in [3.8, 4) is 0 Å². The van der Waals surface area contributed by atoms with Gasteiger partial charge in [0.1, 0.15) is 0 Å². The maximum atomic E-state index is 11.9. The minimum absolute atomic E-state index is 0.00808. The minimum Gasteiger partial charge on any atom is -0.378 e. The van der Waals surface area contributed by atoms with E-state index in [-0.39, 0.29) is 18.1 Å². The van der Waals surface area contributed by atoms with Gasteiger partial charge in [-0.15, -0.1) is 0 Å². The number of carbonyl (C=O) groups is 1. The van der Waals surface area contributed by atoms with Gasteiger partial charge < -0.3 is 15.8 Å². The number of nitrogens with one attached hydrogen (secondary N) is 1. The van der Waals surface area contributed by atoms with Crippen molar-refractivity contribution in [2.45, 2.75) is 44.8 Å². The van der Waals surface area contributed by atoms with Crippen molar-refractivity contribution in [3.05, 3.63) is 29.8 Å². The summed E-state index contributed by atoms with van der Waals surface area (Å²) in [6.07, 6.45) is 3.74. The summed E-state index contributed by atoms with van der Waals surface area (Å²) in [5.41, 5.74) is 7.65. The Bertz CT molecular complexity index is 426. The molecule has 1 amide bonds. The SMILES string of the molecule is CC(N)c1cccc(NC(=O)CC2CCCCO2)c1. The molecule has 1 fully saturated rings. The summed E-state index contributed by atoms with van der Waals surface area (Å²) in [5.74, 6) is 0.00808. The van der Waals surface area contributed by atoms with Crippen molar-refractivity contribution in [2.24, 2.45) is 5.73 Å². The molecular formula is C15H22N2O2. The fraction of sp³-hybridized carbons (Fsp3) is 0.533. The molecule has 0 bridgehead atoms. The second-order valence-corrected chi connectivity index (χ2v) is 5.16. The summed E-state index contributed by atoms with van der Waals surface area (Å²) in [6.45, 7) is 2.70. The molecule has 4 nitrogen and oxygen atoms in total. The van der Waals surface area contributed by atoms with Crippen LogP contribution in [0.3, 0.4) is 0 Å². The zero-order chi connectivity index (χ0) is 13.7. The van der Waals surface area contributed by atoms with Crippen molar-refractivity contribution in [1.82, 2.24) is 0 Å². The summed E-state index contributed by atoms with van der Waals surface area (Å²) >= 11 is 0. The van der Waals surface area contributed by atoms with Gasteiger partial charge in [0.15, 0.2) is 0 Å². The minimum atomic E-state index is -0.0291. The van der Waals surface area contributed by atoms with E-state index in [9.17, 15) is 4.79 Å². The summed E-state index contributed by atoms with van der Waals surface area (Å²) in [5, 5.41) is 2.91. The Morgan fingerprint density at radius 1 is 1.53 bits per heavy atom. The van der Waals surface area contributed by atoms with Crippen LogP contribution >= 0.6 is 0 Å². The molecule has 1 aliphatic rings. The Kier molecular flexibility index (Phi) is 4.93. The van der Waals surface area contributed by atoms with Crippen LogP contribution in [0.5, 0.6) is 0 Å². The Hall–Kier alpha value is -1.39. The van der Waals surface area contributed by atoms with E-state index < -0.39 is 0 Å². The van der Waals surface area contributed by atoms with E-state index in [4.69, 9.17) is 10.5 Å². The summed E-state index contributed by atoms with van der Waals surface area (Å²) in [4.78, 5) is 11.9. The molecule has 1 aromatic rings. The molecule has 0 spiro atoms. The third-order valence-electron chi connectivity index (χ3n) is 3.38. The first kappa shape index (κ1) is 14.0. The molecule has 1 heterocycles. The highest BCUT2D eigenvalue weighted by Crippen LogP contribution is 2.18. The summed E-state index contributed by atoms with van der Waals surface area (Å²) in [7, 11) is 0. The number of ether oxygens (including phenoxy) is 1. The van der Waals surface area contributed by atoms with Gasteiger partial charge in [0, 0.05) is 18.3 Å². The van der Waals surface area contributed by atoms with Crippen LogP contribution in [0, 0.1) is 0 Å². The number of amides is 1. The molecule has 3 N–H and O–H groups in total. The lowest BCUT2D eigenvalue weighted by atomic mass is 10.1. The number of hydrogen-bond acceptors (Lipinski definition) is 3. The van der Waals surface area contributed by atoms with E-state index in [0.29, 0.717) is 6.42 Å². The highest BCUT2D eigenvalue weighted by molar-refractivity contribution is 5.91. The quantitative estimate of drug-likeness (QED) is 0.876. The lowest BCUT2D eigenvalue weighted by Gasteiger charge is -2.22. The Morgan fingerprint density at radius 3 is 3.05 bits per heavy atom. The molecular weight excluding hydrogens is 240 g/mol. The molecule has 0 aliphatic carbocycles. The van der Waals surface area contributed by atoms with E-state index in [1.54, 1.807) is 0 Å². The topological polar surface area (TPSA) is 64.3 Å². The smallest absolute Gasteiger partial charge is 0.226 e. The maximum absolute atomic E-state index is 11.9. The molecule has 1 aromatic carbocycles. The normalized spacial score (nSPS) is 20.8. The van der Waals surface area contributed by atoms with E-state index in [1.165, 1.54) is 0 Å². The van der Waals surface area contributed by atoms with Crippen LogP contribution < -0.4 is 11.1 Å². The van der Waals surface area contributed by atoms with Gasteiger partial charge in [0.05, 0.1) is 12.5 Å². The second-order valence-electron chi connectivity index (χ2n) is 5.16.